The van der Waals surface area contributed by atoms with Gasteiger partial charge in [0.1, 0.15) is 5.75 Å². The van der Waals surface area contributed by atoms with E-state index < -0.39 is 0 Å². The molecular weight excluding hydrogens is 427 g/mol. The second-order valence-electron chi connectivity index (χ2n) is 7.00. The number of hydrogen-bond donors (Lipinski definition) is 2. The molecule has 1 fully saturated rings. The maximum atomic E-state index is 12.2. The Bertz CT molecular complexity index is 868. The largest absolute Gasteiger partial charge is 0.492 e. The van der Waals surface area contributed by atoms with E-state index in [1.807, 2.05) is 0 Å². The van der Waals surface area contributed by atoms with Gasteiger partial charge in [-0.25, -0.2) is 0 Å². The van der Waals surface area contributed by atoms with Crippen LogP contribution in [-0.4, -0.2) is 37.7 Å². The van der Waals surface area contributed by atoms with E-state index >= 15 is 0 Å². The van der Waals surface area contributed by atoms with E-state index in [4.69, 9.17) is 32.7 Å². The average Bonchev–Trinajstić information content (AvgIpc) is 3.25. The Kier molecular flexibility index (Phi) is 8.37. The van der Waals surface area contributed by atoms with Crippen molar-refractivity contribution in [3.05, 3.63) is 58.1 Å². The van der Waals surface area contributed by atoms with Crippen LogP contribution in [0.1, 0.15) is 36.0 Å². The van der Waals surface area contributed by atoms with Crippen LogP contribution in [0.3, 0.4) is 0 Å². The lowest BCUT2D eigenvalue weighted by Crippen LogP contribution is -2.31. The Morgan fingerprint density at radius 1 is 1.13 bits per heavy atom. The van der Waals surface area contributed by atoms with Crippen LogP contribution in [0.4, 0.5) is 5.69 Å². The minimum absolute atomic E-state index is 0.104. The van der Waals surface area contributed by atoms with Crippen LogP contribution in [0.25, 0.3) is 0 Å². The predicted octanol–water partition coefficient (Wildman–Crippen LogP) is 4.70. The lowest BCUT2D eigenvalue weighted by molar-refractivity contribution is -0.116. The lowest BCUT2D eigenvalue weighted by atomic mass is 10.1. The first-order chi connectivity index (χ1) is 14.5. The minimum Gasteiger partial charge on any atom is -0.492 e. The fourth-order valence-electron chi connectivity index (χ4n) is 3.05. The molecule has 3 rings (SSSR count). The number of halogens is 2. The highest BCUT2D eigenvalue weighted by Crippen LogP contribution is 2.27. The van der Waals surface area contributed by atoms with Crippen molar-refractivity contribution in [3.8, 4) is 5.75 Å². The summed E-state index contributed by atoms with van der Waals surface area (Å²) >= 11 is 11.9. The number of carbonyl (C=O) groups is 2. The zero-order valence-electron chi connectivity index (χ0n) is 16.5. The molecule has 1 unspecified atom stereocenters. The average molecular weight is 451 g/mol. The van der Waals surface area contributed by atoms with E-state index in [0.717, 1.165) is 19.4 Å². The molecule has 2 amide bonds. The third-order valence-corrected chi connectivity index (χ3v) is 5.18. The zero-order valence-corrected chi connectivity index (χ0v) is 18.0. The fourth-order valence-corrected chi connectivity index (χ4v) is 3.51. The predicted molar refractivity (Wildman–Crippen MR) is 118 cm³/mol. The third kappa shape index (κ3) is 6.90. The first-order valence-electron chi connectivity index (χ1n) is 9.89. The van der Waals surface area contributed by atoms with Crippen LogP contribution < -0.4 is 15.4 Å². The van der Waals surface area contributed by atoms with Crippen molar-refractivity contribution in [1.29, 1.82) is 0 Å². The van der Waals surface area contributed by atoms with Crippen LogP contribution >= 0.6 is 23.2 Å². The number of benzene rings is 2. The summed E-state index contributed by atoms with van der Waals surface area (Å²) in [6, 6.07) is 11.8. The molecule has 1 heterocycles. The van der Waals surface area contributed by atoms with Crippen molar-refractivity contribution in [2.45, 2.75) is 31.8 Å². The first-order valence-corrected chi connectivity index (χ1v) is 10.6. The van der Waals surface area contributed by atoms with Gasteiger partial charge in [0.05, 0.1) is 17.7 Å². The lowest BCUT2D eigenvalue weighted by Gasteiger charge is -2.11. The van der Waals surface area contributed by atoms with Gasteiger partial charge in [-0.2, -0.15) is 0 Å². The van der Waals surface area contributed by atoms with Crippen LogP contribution in [0.15, 0.2) is 42.5 Å². The van der Waals surface area contributed by atoms with Crippen LogP contribution in [-0.2, 0) is 9.53 Å². The summed E-state index contributed by atoms with van der Waals surface area (Å²) in [4.78, 5) is 24.3. The van der Waals surface area contributed by atoms with Gasteiger partial charge in [-0.15, -0.1) is 0 Å². The van der Waals surface area contributed by atoms with Crippen LogP contribution in [0, 0.1) is 0 Å². The van der Waals surface area contributed by atoms with Crippen molar-refractivity contribution in [3.63, 3.8) is 0 Å². The fraction of sp³-hybridized carbons (Fsp3) is 0.364. The monoisotopic (exact) mass is 450 g/mol. The van der Waals surface area contributed by atoms with Gasteiger partial charge in [0.2, 0.25) is 5.91 Å². The Hall–Kier alpha value is -2.28. The molecule has 8 heteroatoms. The summed E-state index contributed by atoms with van der Waals surface area (Å²) in [6.45, 7) is 1.63. The maximum absolute atomic E-state index is 12.2. The molecule has 160 valence electrons. The molecule has 2 N–H and O–H groups in total. The Morgan fingerprint density at radius 3 is 2.63 bits per heavy atom. The molecule has 6 nitrogen and oxygen atoms in total. The van der Waals surface area contributed by atoms with Gasteiger partial charge in [-0.1, -0.05) is 23.2 Å². The summed E-state index contributed by atoms with van der Waals surface area (Å²) in [6.07, 6.45) is 2.95. The van der Waals surface area contributed by atoms with E-state index in [2.05, 4.69) is 10.6 Å². The molecule has 2 aromatic rings. The minimum atomic E-state index is -0.151. The van der Waals surface area contributed by atoms with Crippen molar-refractivity contribution in [1.82, 2.24) is 5.32 Å². The highest BCUT2D eigenvalue weighted by atomic mass is 35.5. The molecule has 0 saturated carbocycles. The zero-order chi connectivity index (χ0) is 21.3. The standard InChI is InChI=1S/C22H24Cl2N2O4/c23-16-7-10-20(19(24)13-16)30-12-2-4-21(27)26-17-8-5-15(6-9-17)22(28)25-14-18-3-1-11-29-18/h5-10,13,18H,1-4,11-12,14H2,(H,25,28)(H,26,27). The summed E-state index contributed by atoms with van der Waals surface area (Å²) < 4.78 is 11.1. The highest BCUT2D eigenvalue weighted by Gasteiger charge is 2.16. The van der Waals surface area contributed by atoms with E-state index in [0.29, 0.717) is 53.0 Å². The summed E-state index contributed by atoms with van der Waals surface area (Å²) in [5.41, 5.74) is 1.18. The number of amides is 2. The van der Waals surface area contributed by atoms with Crippen LogP contribution in [0.2, 0.25) is 10.0 Å². The van der Waals surface area contributed by atoms with Gasteiger partial charge in [0.25, 0.3) is 5.91 Å². The van der Waals surface area contributed by atoms with Crippen molar-refractivity contribution in [2.24, 2.45) is 0 Å². The quantitative estimate of drug-likeness (QED) is 0.542. The molecule has 30 heavy (non-hydrogen) atoms. The summed E-state index contributed by atoms with van der Waals surface area (Å²) in [5.74, 6) is 0.257. The first kappa shape index (κ1) is 22.4. The molecule has 1 atom stereocenters. The molecule has 0 aliphatic carbocycles. The van der Waals surface area contributed by atoms with Crippen LogP contribution in [0.5, 0.6) is 5.75 Å². The van der Waals surface area contributed by atoms with Gasteiger partial charge in [-0.3, -0.25) is 9.59 Å². The normalized spacial score (nSPS) is 15.6. The van der Waals surface area contributed by atoms with E-state index in [-0.39, 0.29) is 17.9 Å². The smallest absolute Gasteiger partial charge is 0.251 e. The Labute approximate surface area is 185 Å². The van der Waals surface area contributed by atoms with Crippen molar-refractivity contribution in [2.75, 3.05) is 25.1 Å². The number of ether oxygens (including phenoxy) is 2. The molecule has 0 spiro atoms. The molecular formula is C22H24Cl2N2O4. The van der Waals surface area contributed by atoms with Gasteiger partial charge >= 0.3 is 0 Å². The number of anilines is 1. The van der Waals surface area contributed by atoms with E-state index in [9.17, 15) is 9.59 Å². The van der Waals surface area contributed by atoms with Crippen molar-refractivity contribution < 1.29 is 19.1 Å². The molecule has 1 saturated heterocycles. The molecule has 1 aliphatic heterocycles. The third-order valence-electron chi connectivity index (χ3n) is 4.64. The summed E-state index contributed by atoms with van der Waals surface area (Å²) in [5, 5.41) is 6.66. The summed E-state index contributed by atoms with van der Waals surface area (Å²) in [7, 11) is 0. The molecule has 0 aromatic heterocycles. The SMILES string of the molecule is O=C(CCCOc1ccc(Cl)cc1Cl)Nc1ccc(C(=O)NCC2CCCO2)cc1. The second-order valence-corrected chi connectivity index (χ2v) is 7.84. The number of hydrogen-bond acceptors (Lipinski definition) is 4. The number of rotatable bonds is 9. The highest BCUT2D eigenvalue weighted by molar-refractivity contribution is 6.35. The molecule has 2 aromatic carbocycles. The molecule has 1 aliphatic rings. The van der Waals surface area contributed by atoms with E-state index in [1.165, 1.54) is 0 Å². The van der Waals surface area contributed by atoms with Gasteiger partial charge in [-0.05, 0) is 61.7 Å². The second kappa shape index (κ2) is 11.2. The molecule has 0 radical (unpaired) electrons. The maximum Gasteiger partial charge on any atom is 0.251 e. The number of carbonyl (C=O) groups excluding carboxylic acids is 2. The Balaban J connectivity index is 1.36. The van der Waals surface area contributed by atoms with Gasteiger partial charge in [0, 0.05) is 35.8 Å². The topological polar surface area (TPSA) is 76.7 Å². The number of nitrogens with one attached hydrogen (secondary N) is 2. The molecule has 0 bridgehead atoms. The van der Waals surface area contributed by atoms with E-state index in [1.54, 1.807) is 42.5 Å². The van der Waals surface area contributed by atoms with Crippen molar-refractivity contribution >= 4 is 40.7 Å². The Morgan fingerprint density at radius 2 is 1.93 bits per heavy atom. The van der Waals surface area contributed by atoms with Gasteiger partial charge in [0.15, 0.2) is 0 Å². The van der Waals surface area contributed by atoms with Gasteiger partial charge < -0.3 is 20.1 Å².